The van der Waals surface area contributed by atoms with Crippen LogP contribution in [0.1, 0.15) is 46.5 Å². The summed E-state index contributed by atoms with van der Waals surface area (Å²) in [4.78, 5) is 12.8. The van der Waals surface area contributed by atoms with Crippen molar-refractivity contribution in [3.8, 4) is 0 Å². The van der Waals surface area contributed by atoms with Gasteiger partial charge in [-0.3, -0.25) is 4.79 Å². The maximum Gasteiger partial charge on any atom is 0.143 e. The molecule has 4 fully saturated rings. The second kappa shape index (κ2) is 4.94. The minimum absolute atomic E-state index is 0.0204. The van der Waals surface area contributed by atoms with E-state index < -0.39 is 35.7 Å². The number of ketones is 1. The minimum Gasteiger partial charge on any atom is -0.393 e. The van der Waals surface area contributed by atoms with Crippen molar-refractivity contribution < 1.29 is 25.2 Å². The lowest BCUT2D eigenvalue weighted by molar-refractivity contribution is -0.259. The average Bonchev–Trinajstić information content (AvgIpc) is 2.66. The van der Waals surface area contributed by atoms with Crippen molar-refractivity contribution in [2.24, 2.45) is 34.0 Å². The van der Waals surface area contributed by atoms with Gasteiger partial charge in [-0.05, 0) is 47.5 Å². The highest BCUT2D eigenvalue weighted by Gasteiger charge is 2.75. The quantitative estimate of drug-likeness (QED) is 0.489. The molecule has 0 aromatic heterocycles. The molecule has 4 aliphatic rings. The smallest absolute Gasteiger partial charge is 0.143 e. The molecule has 0 saturated heterocycles. The van der Waals surface area contributed by atoms with E-state index in [9.17, 15) is 25.2 Å². The van der Waals surface area contributed by atoms with Gasteiger partial charge in [-0.2, -0.15) is 0 Å². The Morgan fingerprint density at radius 1 is 1.04 bits per heavy atom. The summed E-state index contributed by atoms with van der Waals surface area (Å²) in [5.41, 5.74) is -1.47. The van der Waals surface area contributed by atoms with Gasteiger partial charge in [0.25, 0.3) is 0 Å². The molecular formula is C20H30O5. The lowest BCUT2D eigenvalue weighted by Gasteiger charge is -2.66. The Morgan fingerprint density at radius 3 is 2.32 bits per heavy atom. The zero-order valence-electron chi connectivity index (χ0n) is 15.3. The Bertz CT molecular complexity index is 642. The van der Waals surface area contributed by atoms with Gasteiger partial charge in [0.15, 0.2) is 0 Å². The molecule has 5 nitrogen and oxygen atoms in total. The van der Waals surface area contributed by atoms with Crippen molar-refractivity contribution in [1.29, 1.82) is 0 Å². The molecule has 0 aromatic rings. The van der Waals surface area contributed by atoms with E-state index in [0.29, 0.717) is 18.4 Å². The van der Waals surface area contributed by atoms with Gasteiger partial charge >= 0.3 is 0 Å². The van der Waals surface area contributed by atoms with Crippen LogP contribution in [0.3, 0.4) is 0 Å². The molecular weight excluding hydrogens is 320 g/mol. The van der Waals surface area contributed by atoms with Gasteiger partial charge in [0.1, 0.15) is 5.78 Å². The third kappa shape index (κ3) is 1.76. The minimum atomic E-state index is -1.11. The molecule has 9 atom stereocenters. The first-order valence-electron chi connectivity index (χ1n) is 9.44. The normalized spacial score (nSPS) is 57.2. The predicted molar refractivity (Wildman–Crippen MR) is 91.4 cm³/mol. The molecule has 4 saturated carbocycles. The summed E-state index contributed by atoms with van der Waals surface area (Å²) in [5, 5.41) is 43.7. The fourth-order valence-corrected chi connectivity index (χ4v) is 7.34. The maximum absolute atomic E-state index is 12.8. The maximum atomic E-state index is 12.8. The average molecular weight is 350 g/mol. The van der Waals surface area contributed by atoms with Gasteiger partial charge in [-0.25, -0.2) is 0 Å². The topological polar surface area (TPSA) is 98.0 Å². The van der Waals surface area contributed by atoms with E-state index in [4.69, 9.17) is 0 Å². The number of fused-ring (bicyclic) bond motifs is 3. The number of rotatable bonds is 0. The summed E-state index contributed by atoms with van der Waals surface area (Å²) in [6.07, 6.45) is -1.48. The Morgan fingerprint density at radius 2 is 1.68 bits per heavy atom. The SMILES string of the molecule is C=C1[C@@H]2C(=O)C[C@H]3[C@]4(C)CC[C@@H](O)C(C)(C)[C@H]4C[C@@H](O)[C@@]3([C@@H]1O)[C@@H]2O. The highest BCUT2D eigenvalue weighted by atomic mass is 16.3. The zero-order valence-corrected chi connectivity index (χ0v) is 15.3. The van der Waals surface area contributed by atoms with Crippen molar-refractivity contribution in [2.45, 2.75) is 70.9 Å². The molecule has 1 spiro atoms. The van der Waals surface area contributed by atoms with Crippen molar-refractivity contribution >= 4 is 5.78 Å². The van der Waals surface area contributed by atoms with E-state index in [2.05, 4.69) is 13.5 Å². The van der Waals surface area contributed by atoms with E-state index in [1.807, 2.05) is 13.8 Å². The van der Waals surface area contributed by atoms with Gasteiger partial charge in [0.05, 0.1) is 35.7 Å². The number of hydrogen-bond donors (Lipinski definition) is 4. The number of carbonyl (C=O) groups excluding carboxylic acids is 1. The van der Waals surface area contributed by atoms with Gasteiger partial charge < -0.3 is 20.4 Å². The standard InChI is InChI=1S/C20H30O5/c1-9-15-10(21)7-12-19(4)6-5-13(22)18(2,3)11(19)8-14(23)20(12,16(9)24)17(15)25/h11-17,22-25H,1,5-8H2,2-4H3/t11-,12+,13-,14-,15-,16-,17-,19-,20+/m1/s1. The first-order chi connectivity index (χ1) is 11.5. The van der Waals surface area contributed by atoms with Crippen LogP contribution >= 0.6 is 0 Å². The van der Waals surface area contributed by atoms with E-state index in [1.54, 1.807) is 0 Å². The Balaban J connectivity index is 1.89. The third-order valence-corrected chi connectivity index (χ3v) is 8.75. The van der Waals surface area contributed by atoms with Crippen molar-refractivity contribution in [1.82, 2.24) is 0 Å². The van der Waals surface area contributed by atoms with E-state index >= 15 is 0 Å². The Kier molecular flexibility index (Phi) is 3.49. The summed E-state index contributed by atoms with van der Waals surface area (Å²) in [7, 11) is 0. The van der Waals surface area contributed by atoms with Crippen LogP contribution in [0.5, 0.6) is 0 Å². The van der Waals surface area contributed by atoms with Crippen molar-refractivity contribution in [3.05, 3.63) is 12.2 Å². The highest BCUT2D eigenvalue weighted by Crippen LogP contribution is 2.71. The van der Waals surface area contributed by atoms with Crippen LogP contribution in [0.4, 0.5) is 0 Å². The number of Topliss-reactive ketones (excluding diaryl/α,β-unsaturated/α-hetero) is 1. The summed E-state index contributed by atoms with van der Waals surface area (Å²) >= 11 is 0. The first-order valence-corrected chi connectivity index (χ1v) is 9.44. The molecule has 25 heavy (non-hydrogen) atoms. The molecule has 0 unspecified atom stereocenters. The van der Waals surface area contributed by atoms with Crippen LogP contribution in [-0.4, -0.2) is 50.6 Å². The van der Waals surface area contributed by atoms with Gasteiger partial charge in [-0.1, -0.05) is 27.4 Å². The molecule has 0 heterocycles. The van der Waals surface area contributed by atoms with Gasteiger partial charge in [-0.15, -0.1) is 0 Å². The van der Waals surface area contributed by atoms with Crippen LogP contribution in [0.25, 0.3) is 0 Å². The lowest BCUT2D eigenvalue weighted by atomic mass is 9.39. The van der Waals surface area contributed by atoms with Crippen LogP contribution in [0.2, 0.25) is 0 Å². The van der Waals surface area contributed by atoms with Crippen LogP contribution in [0.15, 0.2) is 12.2 Å². The van der Waals surface area contributed by atoms with E-state index in [1.165, 1.54) is 0 Å². The second-order valence-corrected chi connectivity index (χ2v) is 9.81. The molecule has 4 N–H and O–H groups in total. The van der Waals surface area contributed by atoms with Gasteiger partial charge in [0.2, 0.25) is 0 Å². The number of hydrogen-bond acceptors (Lipinski definition) is 5. The molecule has 5 heteroatoms. The predicted octanol–water partition coefficient (Wildman–Crippen LogP) is 1.04. The number of carbonyl (C=O) groups is 1. The third-order valence-electron chi connectivity index (χ3n) is 8.75. The molecule has 140 valence electrons. The molecule has 4 rings (SSSR count). The molecule has 0 aliphatic heterocycles. The number of aliphatic hydroxyl groups is 4. The zero-order chi connectivity index (χ0) is 18.5. The van der Waals surface area contributed by atoms with Crippen LogP contribution in [-0.2, 0) is 4.79 Å². The monoisotopic (exact) mass is 350 g/mol. The Labute approximate surface area is 148 Å². The first kappa shape index (κ1) is 17.7. The van der Waals surface area contributed by atoms with Gasteiger partial charge in [0, 0.05) is 6.42 Å². The Hall–Kier alpha value is -0.750. The van der Waals surface area contributed by atoms with E-state index in [0.717, 1.165) is 6.42 Å². The van der Waals surface area contributed by atoms with Crippen LogP contribution in [0, 0.1) is 34.0 Å². The molecule has 4 aliphatic carbocycles. The highest BCUT2D eigenvalue weighted by molar-refractivity contribution is 5.87. The fraction of sp³-hybridized carbons (Fsp3) is 0.850. The van der Waals surface area contributed by atoms with Crippen LogP contribution < -0.4 is 0 Å². The fourth-order valence-electron chi connectivity index (χ4n) is 7.34. The molecule has 2 bridgehead atoms. The van der Waals surface area contributed by atoms with Crippen molar-refractivity contribution in [3.63, 3.8) is 0 Å². The summed E-state index contributed by atoms with van der Waals surface area (Å²) in [6, 6.07) is 0. The van der Waals surface area contributed by atoms with Crippen molar-refractivity contribution in [2.75, 3.05) is 0 Å². The summed E-state index contributed by atoms with van der Waals surface area (Å²) < 4.78 is 0. The van der Waals surface area contributed by atoms with E-state index in [-0.39, 0.29) is 34.9 Å². The molecule has 0 amide bonds. The largest absolute Gasteiger partial charge is 0.393 e. The molecule has 0 radical (unpaired) electrons. The summed E-state index contributed by atoms with van der Waals surface area (Å²) in [5.74, 6) is -1.13. The number of aliphatic hydroxyl groups excluding tert-OH is 4. The molecule has 0 aromatic carbocycles. The summed E-state index contributed by atoms with van der Waals surface area (Å²) in [6.45, 7) is 10.1. The second-order valence-electron chi connectivity index (χ2n) is 9.81. The lowest BCUT2D eigenvalue weighted by Crippen LogP contribution is -2.69.